The molecule has 1 N–H and O–H groups in total. The minimum Gasteiger partial charge on any atom is -0.497 e. The van der Waals surface area contributed by atoms with Crippen LogP contribution in [0.3, 0.4) is 0 Å². The van der Waals surface area contributed by atoms with Crippen molar-refractivity contribution >= 4 is 12.9 Å². The monoisotopic (exact) mass is 160 g/mol. The van der Waals surface area contributed by atoms with Crippen molar-refractivity contribution in [2.75, 3.05) is 7.11 Å². The number of nitriles is 1. The smallest absolute Gasteiger partial charge is 0.330 e. The number of ether oxygens (including phenoxy) is 1. The molecule has 0 bridgehead atoms. The molecule has 0 amide bonds. The summed E-state index contributed by atoms with van der Waals surface area (Å²) in [6, 6.07) is 6.79. The van der Waals surface area contributed by atoms with Crippen LogP contribution in [0, 0.1) is 11.3 Å². The molecular weight excluding hydrogens is 153 g/mol. The number of hydrogen-bond acceptors (Lipinski definition) is 3. The molecule has 1 aromatic rings. The molecule has 0 aliphatic rings. The van der Waals surface area contributed by atoms with E-state index in [4.69, 9.17) is 15.0 Å². The van der Waals surface area contributed by atoms with Crippen LogP contribution >= 0.6 is 0 Å². The first-order valence-corrected chi connectivity index (χ1v) is 3.37. The molecule has 0 aliphatic heterocycles. The molecule has 59 valence electrons. The zero-order valence-corrected chi connectivity index (χ0v) is 6.61. The molecule has 0 unspecified atom stereocenters. The van der Waals surface area contributed by atoms with Gasteiger partial charge in [0.1, 0.15) is 5.75 Å². The summed E-state index contributed by atoms with van der Waals surface area (Å²) in [5, 5.41) is 17.3. The van der Waals surface area contributed by atoms with Crippen molar-refractivity contribution in [3.8, 4) is 11.8 Å². The van der Waals surface area contributed by atoms with Gasteiger partial charge in [-0.15, -0.1) is 0 Å². The average Bonchev–Trinajstić information content (AvgIpc) is 2.16. The summed E-state index contributed by atoms with van der Waals surface area (Å²) in [6.07, 6.45) is 0. The molecule has 1 aromatic carbocycles. The average molecular weight is 160 g/mol. The zero-order valence-electron chi connectivity index (χ0n) is 6.61. The molecular formula is C8H7BNO2. The Kier molecular flexibility index (Phi) is 2.73. The van der Waals surface area contributed by atoms with Crippen molar-refractivity contribution < 1.29 is 9.76 Å². The molecule has 0 fully saturated rings. The molecule has 0 saturated carbocycles. The van der Waals surface area contributed by atoms with Crippen molar-refractivity contribution in [1.82, 2.24) is 0 Å². The summed E-state index contributed by atoms with van der Waals surface area (Å²) in [5.41, 5.74) is 1.01. The van der Waals surface area contributed by atoms with E-state index in [0.717, 1.165) is 7.48 Å². The van der Waals surface area contributed by atoms with E-state index in [9.17, 15) is 0 Å². The van der Waals surface area contributed by atoms with E-state index in [1.807, 2.05) is 6.07 Å². The van der Waals surface area contributed by atoms with Crippen LogP contribution in [0.25, 0.3) is 0 Å². The lowest BCUT2D eigenvalue weighted by Gasteiger charge is -2.04. The van der Waals surface area contributed by atoms with Crippen LogP contribution in [0.4, 0.5) is 0 Å². The van der Waals surface area contributed by atoms with Crippen LogP contribution in [0.1, 0.15) is 5.56 Å². The van der Waals surface area contributed by atoms with Crippen LogP contribution in [-0.2, 0) is 0 Å². The van der Waals surface area contributed by atoms with Crippen molar-refractivity contribution in [2.45, 2.75) is 0 Å². The first kappa shape index (κ1) is 8.63. The Hall–Kier alpha value is -1.47. The van der Waals surface area contributed by atoms with E-state index in [-0.39, 0.29) is 0 Å². The molecule has 0 atom stereocenters. The third kappa shape index (κ3) is 1.58. The lowest BCUT2D eigenvalue weighted by molar-refractivity contribution is 0.417. The van der Waals surface area contributed by atoms with Gasteiger partial charge >= 0.3 is 7.48 Å². The van der Waals surface area contributed by atoms with Crippen LogP contribution in [0.2, 0.25) is 0 Å². The highest BCUT2D eigenvalue weighted by molar-refractivity contribution is 6.47. The number of benzene rings is 1. The Balaban J connectivity index is 3.13. The lowest BCUT2D eigenvalue weighted by atomic mass is 9.86. The Labute approximate surface area is 71.5 Å². The molecule has 0 saturated heterocycles. The van der Waals surface area contributed by atoms with Crippen molar-refractivity contribution in [2.24, 2.45) is 0 Å². The molecule has 0 spiro atoms. The highest BCUT2D eigenvalue weighted by Crippen LogP contribution is 2.07. The number of hydrogen-bond donors (Lipinski definition) is 1. The minimum atomic E-state index is 0.496. The Morgan fingerprint density at radius 1 is 1.58 bits per heavy atom. The highest BCUT2D eigenvalue weighted by Gasteiger charge is 2.03. The van der Waals surface area contributed by atoms with Gasteiger partial charge < -0.3 is 9.76 Å². The van der Waals surface area contributed by atoms with E-state index in [0.29, 0.717) is 16.8 Å². The predicted octanol–water partition coefficient (Wildman–Crippen LogP) is -0.196. The summed E-state index contributed by atoms with van der Waals surface area (Å²) in [7, 11) is 2.42. The summed E-state index contributed by atoms with van der Waals surface area (Å²) in [4.78, 5) is 0. The maximum Gasteiger partial charge on any atom is 0.330 e. The molecule has 12 heavy (non-hydrogen) atoms. The Bertz CT molecular complexity index is 319. The second kappa shape index (κ2) is 3.79. The molecule has 1 rings (SSSR count). The van der Waals surface area contributed by atoms with Gasteiger partial charge in [-0.1, -0.05) is 0 Å². The van der Waals surface area contributed by atoms with E-state index in [2.05, 4.69) is 0 Å². The van der Waals surface area contributed by atoms with Gasteiger partial charge in [-0.2, -0.15) is 5.26 Å². The van der Waals surface area contributed by atoms with Crippen LogP contribution in [-0.4, -0.2) is 19.6 Å². The SMILES string of the molecule is COc1ccc(C#N)cc1[B]O. The maximum absolute atomic E-state index is 8.76. The fraction of sp³-hybridized carbons (Fsp3) is 0.125. The van der Waals surface area contributed by atoms with E-state index in [1.165, 1.54) is 7.11 Å². The molecule has 4 heteroatoms. The third-order valence-corrected chi connectivity index (χ3v) is 1.50. The van der Waals surface area contributed by atoms with Gasteiger partial charge in [-0.05, 0) is 23.7 Å². The summed E-state index contributed by atoms with van der Waals surface area (Å²) in [6.45, 7) is 0. The fourth-order valence-electron chi connectivity index (χ4n) is 0.905. The third-order valence-electron chi connectivity index (χ3n) is 1.50. The van der Waals surface area contributed by atoms with Gasteiger partial charge in [-0.25, -0.2) is 0 Å². The molecule has 0 heterocycles. The van der Waals surface area contributed by atoms with E-state index < -0.39 is 0 Å². The standard InChI is InChI=1S/C8H7BNO2/c1-12-8-3-2-6(5-10)4-7(8)9-11/h2-4,11H,1H3. The zero-order chi connectivity index (χ0) is 8.97. The second-order valence-corrected chi connectivity index (χ2v) is 2.20. The van der Waals surface area contributed by atoms with Crippen LogP contribution in [0.15, 0.2) is 18.2 Å². The van der Waals surface area contributed by atoms with Crippen molar-refractivity contribution in [1.29, 1.82) is 5.26 Å². The highest BCUT2D eigenvalue weighted by atomic mass is 16.5. The van der Waals surface area contributed by atoms with Crippen LogP contribution in [0.5, 0.6) is 5.75 Å². The van der Waals surface area contributed by atoms with Crippen molar-refractivity contribution in [3.63, 3.8) is 0 Å². The Morgan fingerprint density at radius 3 is 2.83 bits per heavy atom. The largest absolute Gasteiger partial charge is 0.497 e. The van der Waals surface area contributed by atoms with Gasteiger partial charge in [0.15, 0.2) is 0 Å². The topological polar surface area (TPSA) is 53.2 Å². The lowest BCUT2D eigenvalue weighted by Crippen LogP contribution is -2.16. The van der Waals surface area contributed by atoms with Gasteiger partial charge in [0, 0.05) is 0 Å². The quantitative estimate of drug-likeness (QED) is 0.609. The van der Waals surface area contributed by atoms with Crippen LogP contribution < -0.4 is 10.2 Å². The van der Waals surface area contributed by atoms with E-state index in [1.54, 1.807) is 18.2 Å². The fourth-order valence-corrected chi connectivity index (χ4v) is 0.905. The van der Waals surface area contributed by atoms with E-state index >= 15 is 0 Å². The first-order chi connectivity index (χ1) is 5.81. The van der Waals surface area contributed by atoms with Gasteiger partial charge in [-0.3, -0.25) is 0 Å². The van der Waals surface area contributed by atoms with Crippen molar-refractivity contribution in [3.05, 3.63) is 23.8 Å². The van der Waals surface area contributed by atoms with Gasteiger partial charge in [0.2, 0.25) is 0 Å². The second-order valence-electron chi connectivity index (χ2n) is 2.20. The summed E-state index contributed by atoms with van der Waals surface area (Å²) in [5.74, 6) is 0.552. The molecule has 0 aromatic heterocycles. The molecule has 3 nitrogen and oxygen atoms in total. The number of nitrogens with zero attached hydrogens (tertiary/aromatic N) is 1. The Morgan fingerprint density at radius 2 is 2.33 bits per heavy atom. The summed E-state index contributed by atoms with van der Waals surface area (Å²) < 4.78 is 4.94. The van der Waals surface area contributed by atoms with Gasteiger partial charge in [0.05, 0.1) is 18.7 Å². The summed E-state index contributed by atoms with van der Waals surface area (Å²) >= 11 is 0. The van der Waals surface area contributed by atoms with Gasteiger partial charge in [0.25, 0.3) is 0 Å². The predicted molar refractivity (Wildman–Crippen MR) is 45.3 cm³/mol. The minimum absolute atomic E-state index is 0.496. The number of rotatable bonds is 2. The number of methoxy groups -OCH3 is 1. The molecule has 1 radical (unpaired) electrons. The molecule has 0 aliphatic carbocycles. The first-order valence-electron chi connectivity index (χ1n) is 3.37. The normalized spacial score (nSPS) is 8.75. The maximum atomic E-state index is 8.76.